The number of benzene rings is 1. The zero-order chi connectivity index (χ0) is 12.4. The van der Waals surface area contributed by atoms with Gasteiger partial charge in [0.05, 0.1) is 0 Å². The number of piperidine rings is 1. The zero-order valence-corrected chi connectivity index (χ0v) is 11.9. The maximum absolute atomic E-state index is 12.2. The summed E-state index contributed by atoms with van der Waals surface area (Å²) in [5, 5.41) is 0.649. The van der Waals surface area contributed by atoms with Gasteiger partial charge >= 0.3 is 0 Å². The molecule has 1 aromatic rings. The van der Waals surface area contributed by atoms with Gasteiger partial charge in [0.1, 0.15) is 0 Å². The van der Waals surface area contributed by atoms with Gasteiger partial charge in [-0.2, -0.15) is 0 Å². The van der Waals surface area contributed by atoms with E-state index in [0.29, 0.717) is 16.5 Å². The largest absolute Gasteiger partial charge is 0.338 e. The summed E-state index contributed by atoms with van der Waals surface area (Å²) in [6, 6.07) is 7.24. The van der Waals surface area contributed by atoms with E-state index < -0.39 is 0 Å². The van der Waals surface area contributed by atoms with Gasteiger partial charge in [0.15, 0.2) is 0 Å². The SMILES string of the molecule is CC1CN(C(=O)c2ccc(Cl)cc2)CCC1N.Cl. The number of nitrogens with two attached hydrogens (primary N) is 1. The van der Waals surface area contributed by atoms with Gasteiger partial charge in [0.2, 0.25) is 0 Å². The van der Waals surface area contributed by atoms with Crippen LogP contribution in [0.25, 0.3) is 0 Å². The van der Waals surface area contributed by atoms with Crippen LogP contribution in [0.15, 0.2) is 24.3 Å². The van der Waals surface area contributed by atoms with Crippen molar-refractivity contribution in [2.45, 2.75) is 19.4 Å². The summed E-state index contributed by atoms with van der Waals surface area (Å²) in [4.78, 5) is 14.1. The Morgan fingerprint density at radius 3 is 2.56 bits per heavy atom. The van der Waals surface area contributed by atoms with E-state index in [1.807, 2.05) is 4.90 Å². The van der Waals surface area contributed by atoms with Gasteiger partial charge in [-0.05, 0) is 36.6 Å². The molecule has 2 rings (SSSR count). The van der Waals surface area contributed by atoms with Crippen LogP contribution in [0.5, 0.6) is 0 Å². The summed E-state index contributed by atoms with van der Waals surface area (Å²) in [5.74, 6) is 0.431. The lowest BCUT2D eigenvalue weighted by atomic mass is 9.94. The molecule has 18 heavy (non-hydrogen) atoms. The molecule has 1 aliphatic heterocycles. The number of rotatable bonds is 1. The number of carbonyl (C=O) groups is 1. The first-order valence-electron chi connectivity index (χ1n) is 5.88. The van der Waals surface area contributed by atoms with Gasteiger partial charge in [-0.15, -0.1) is 12.4 Å². The van der Waals surface area contributed by atoms with E-state index in [2.05, 4.69) is 6.92 Å². The highest BCUT2D eigenvalue weighted by atomic mass is 35.5. The quantitative estimate of drug-likeness (QED) is 0.863. The van der Waals surface area contributed by atoms with Crippen LogP contribution < -0.4 is 5.73 Å². The minimum Gasteiger partial charge on any atom is -0.338 e. The molecule has 100 valence electrons. The van der Waals surface area contributed by atoms with Crippen molar-refractivity contribution in [1.29, 1.82) is 0 Å². The number of hydrogen-bond acceptors (Lipinski definition) is 2. The molecular weight excluding hydrogens is 271 g/mol. The lowest BCUT2D eigenvalue weighted by Gasteiger charge is -2.35. The summed E-state index contributed by atoms with van der Waals surface area (Å²) >= 11 is 5.80. The molecule has 5 heteroatoms. The standard InChI is InChI=1S/C13H17ClN2O.ClH/c1-9-8-16(7-6-12(9)15)13(17)10-2-4-11(14)5-3-10;/h2-5,9,12H,6-8,15H2,1H3;1H. The number of hydrogen-bond donors (Lipinski definition) is 1. The molecule has 1 amide bonds. The average molecular weight is 289 g/mol. The molecule has 2 atom stereocenters. The molecule has 0 bridgehead atoms. The monoisotopic (exact) mass is 288 g/mol. The minimum atomic E-state index is 0. The van der Waals surface area contributed by atoms with Crippen LogP contribution in [0.1, 0.15) is 23.7 Å². The highest BCUT2D eigenvalue weighted by molar-refractivity contribution is 6.30. The molecule has 0 radical (unpaired) electrons. The molecule has 0 saturated carbocycles. The van der Waals surface area contributed by atoms with E-state index in [0.717, 1.165) is 19.5 Å². The first-order chi connectivity index (χ1) is 8.08. The maximum Gasteiger partial charge on any atom is 0.253 e. The second-order valence-electron chi connectivity index (χ2n) is 4.69. The van der Waals surface area contributed by atoms with Crippen LogP contribution in [0.2, 0.25) is 5.02 Å². The highest BCUT2D eigenvalue weighted by Crippen LogP contribution is 2.18. The molecule has 1 heterocycles. The van der Waals surface area contributed by atoms with Crippen LogP contribution in [0.4, 0.5) is 0 Å². The van der Waals surface area contributed by atoms with E-state index in [1.54, 1.807) is 24.3 Å². The molecular formula is C13H18Cl2N2O. The van der Waals surface area contributed by atoms with Crippen LogP contribution >= 0.6 is 24.0 Å². The van der Waals surface area contributed by atoms with E-state index in [9.17, 15) is 4.79 Å². The predicted molar refractivity (Wildman–Crippen MR) is 76.4 cm³/mol. The van der Waals surface area contributed by atoms with Crippen molar-refractivity contribution in [1.82, 2.24) is 4.90 Å². The molecule has 2 N–H and O–H groups in total. The van der Waals surface area contributed by atoms with Crippen LogP contribution in [0, 0.1) is 5.92 Å². The molecule has 1 fully saturated rings. The first kappa shape index (κ1) is 15.3. The lowest BCUT2D eigenvalue weighted by Crippen LogP contribution is -2.48. The highest BCUT2D eigenvalue weighted by Gasteiger charge is 2.26. The van der Waals surface area contributed by atoms with E-state index >= 15 is 0 Å². The van der Waals surface area contributed by atoms with E-state index in [4.69, 9.17) is 17.3 Å². The zero-order valence-electron chi connectivity index (χ0n) is 10.3. The number of likely N-dealkylation sites (tertiary alicyclic amines) is 1. The lowest BCUT2D eigenvalue weighted by molar-refractivity contribution is 0.0664. The first-order valence-corrected chi connectivity index (χ1v) is 6.26. The molecule has 2 unspecified atom stereocenters. The molecule has 1 saturated heterocycles. The molecule has 1 aliphatic rings. The molecule has 0 aromatic heterocycles. The fourth-order valence-corrected chi connectivity index (χ4v) is 2.25. The topological polar surface area (TPSA) is 46.3 Å². The third-order valence-electron chi connectivity index (χ3n) is 3.35. The summed E-state index contributed by atoms with van der Waals surface area (Å²) < 4.78 is 0. The predicted octanol–water partition coefficient (Wildman–Crippen LogP) is 2.57. The normalized spacial score (nSPS) is 23.4. The Morgan fingerprint density at radius 1 is 1.39 bits per heavy atom. The van der Waals surface area contributed by atoms with Gasteiger partial charge in [0.25, 0.3) is 5.91 Å². The number of halogens is 2. The fourth-order valence-electron chi connectivity index (χ4n) is 2.12. The van der Waals surface area contributed by atoms with E-state index in [1.165, 1.54) is 0 Å². The molecule has 1 aromatic carbocycles. The van der Waals surface area contributed by atoms with Crippen molar-refractivity contribution in [2.75, 3.05) is 13.1 Å². The third kappa shape index (κ3) is 3.37. The van der Waals surface area contributed by atoms with Gasteiger partial charge in [-0.3, -0.25) is 4.79 Å². The molecule has 0 spiro atoms. The minimum absolute atomic E-state index is 0. The van der Waals surface area contributed by atoms with Gasteiger partial charge in [0, 0.05) is 29.7 Å². The maximum atomic E-state index is 12.2. The Morgan fingerprint density at radius 2 is 2.00 bits per heavy atom. The van der Waals surface area contributed by atoms with Crippen LogP contribution in [-0.2, 0) is 0 Å². The van der Waals surface area contributed by atoms with Crippen molar-refractivity contribution in [3.8, 4) is 0 Å². The van der Waals surface area contributed by atoms with Crippen molar-refractivity contribution in [2.24, 2.45) is 11.7 Å². The van der Waals surface area contributed by atoms with Gasteiger partial charge in [-0.25, -0.2) is 0 Å². The summed E-state index contributed by atoms with van der Waals surface area (Å²) in [6.07, 6.45) is 0.875. The number of nitrogens with zero attached hydrogens (tertiary/aromatic N) is 1. The van der Waals surface area contributed by atoms with Crippen LogP contribution in [-0.4, -0.2) is 29.9 Å². The Labute approximate surface area is 119 Å². The number of amides is 1. The average Bonchev–Trinajstić information content (AvgIpc) is 2.33. The van der Waals surface area contributed by atoms with Crippen molar-refractivity contribution in [3.05, 3.63) is 34.9 Å². The molecule has 0 aliphatic carbocycles. The Bertz CT molecular complexity index is 408. The van der Waals surface area contributed by atoms with Crippen LogP contribution in [0.3, 0.4) is 0 Å². The van der Waals surface area contributed by atoms with Crippen molar-refractivity contribution in [3.63, 3.8) is 0 Å². The third-order valence-corrected chi connectivity index (χ3v) is 3.60. The van der Waals surface area contributed by atoms with E-state index in [-0.39, 0.29) is 24.4 Å². The van der Waals surface area contributed by atoms with Gasteiger partial charge in [-0.1, -0.05) is 18.5 Å². The fraction of sp³-hybridized carbons (Fsp3) is 0.462. The number of carbonyl (C=O) groups excluding carboxylic acids is 1. The summed E-state index contributed by atoms with van der Waals surface area (Å²) in [5.41, 5.74) is 6.64. The second kappa shape index (κ2) is 6.41. The van der Waals surface area contributed by atoms with Gasteiger partial charge < -0.3 is 10.6 Å². The summed E-state index contributed by atoms with van der Waals surface area (Å²) in [6.45, 7) is 3.57. The second-order valence-corrected chi connectivity index (χ2v) is 5.12. The Kier molecular flexibility index (Phi) is 5.45. The Balaban J connectivity index is 0.00000162. The molecule has 3 nitrogen and oxygen atoms in total. The summed E-state index contributed by atoms with van der Waals surface area (Å²) in [7, 11) is 0. The smallest absolute Gasteiger partial charge is 0.253 e. The van der Waals surface area contributed by atoms with Crippen molar-refractivity contribution < 1.29 is 4.79 Å². The van der Waals surface area contributed by atoms with Crippen molar-refractivity contribution >= 4 is 29.9 Å². The Hall–Kier alpha value is -0.770.